The molecule has 0 amide bonds. The fraction of sp³-hybridized carbons (Fsp3) is 0. The van der Waals surface area contributed by atoms with Gasteiger partial charge in [-0.1, -0.05) is 0 Å². The standard InChI is InChI=1S/C5H4N2O2S.Na.H/c8-10(9)4-5-3-6-1-2-7-5;;/h1-4H;;. The molecule has 1 aromatic heterocycles. The van der Waals surface area contributed by atoms with E-state index in [1.165, 1.54) is 18.6 Å². The molecule has 54 valence electrons. The van der Waals surface area contributed by atoms with Crippen LogP contribution in [-0.4, -0.2) is 53.3 Å². The molecule has 1 rings (SSSR count). The molecule has 0 aliphatic heterocycles. The summed E-state index contributed by atoms with van der Waals surface area (Å²) in [5.74, 6) is 0. The summed E-state index contributed by atoms with van der Waals surface area (Å²) in [5, 5.41) is 0.993. The molecule has 0 atom stereocenters. The molecule has 0 saturated heterocycles. The van der Waals surface area contributed by atoms with Crippen molar-refractivity contribution in [3.63, 3.8) is 0 Å². The van der Waals surface area contributed by atoms with Gasteiger partial charge in [0, 0.05) is 12.4 Å². The van der Waals surface area contributed by atoms with Gasteiger partial charge in [-0.3, -0.25) is 9.97 Å². The third-order valence-corrected chi connectivity index (χ3v) is 1.23. The number of nitrogens with zero attached hydrogens (tertiary/aromatic N) is 2. The Morgan fingerprint density at radius 3 is 2.55 bits per heavy atom. The Kier molecular flexibility index (Phi) is 5.31. The van der Waals surface area contributed by atoms with Crippen molar-refractivity contribution >= 4 is 45.2 Å². The number of hydrogen-bond acceptors (Lipinski definition) is 4. The van der Waals surface area contributed by atoms with E-state index in [0.717, 1.165) is 5.37 Å². The van der Waals surface area contributed by atoms with Gasteiger partial charge in [0.15, 0.2) is 0 Å². The summed E-state index contributed by atoms with van der Waals surface area (Å²) in [6, 6.07) is 0. The van der Waals surface area contributed by atoms with Gasteiger partial charge in [-0.15, -0.1) is 0 Å². The fourth-order valence-electron chi connectivity index (χ4n) is 0.470. The van der Waals surface area contributed by atoms with Gasteiger partial charge in [0.25, 0.3) is 0 Å². The minimum absolute atomic E-state index is 0. The topological polar surface area (TPSA) is 59.9 Å². The van der Waals surface area contributed by atoms with E-state index < -0.39 is 10.3 Å². The van der Waals surface area contributed by atoms with Crippen molar-refractivity contribution in [1.29, 1.82) is 0 Å². The molecule has 0 aromatic carbocycles. The first kappa shape index (κ1) is 10.8. The van der Waals surface area contributed by atoms with Gasteiger partial charge in [0.1, 0.15) is 0 Å². The Labute approximate surface area is 87.5 Å². The first-order valence-corrected chi connectivity index (χ1v) is 3.62. The summed E-state index contributed by atoms with van der Waals surface area (Å²) in [7, 11) is -2.19. The van der Waals surface area contributed by atoms with Gasteiger partial charge in [-0.05, 0) is 0 Å². The third kappa shape index (κ3) is 4.26. The van der Waals surface area contributed by atoms with E-state index >= 15 is 0 Å². The van der Waals surface area contributed by atoms with E-state index in [0.29, 0.717) is 5.69 Å². The normalized spacial score (nSPS) is 8.00. The van der Waals surface area contributed by atoms with Crippen LogP contribution in [0, 0.1) is 0 Å². The number of aromatic nitrogens is 2. The molecule has 1 heterocycles. The first-order chi connectivity index (χ1) is 4.79. The van der Waals surface area contributed by atoms with E-state index in [1.807, 2.05) is 0 Å². The van der Waals surface area contributed by atoms with Crippen molar-refractivity contribution in [3.05, 3.63) is 24.3 Å². The Balaban J connectivity index is 0.000001000. The molecule has 0 unspecified atom stereocenters. The maximum atomic E-state index is 10.0. The van der Waals surface area contributed by atoms with E-state index in [4.69, 9.17) is 0 Å². The molecular weight excluding hydrogens is 175 g/mol. The average Bonchev–Trinajstić information content (AvgIpc) is 1.88. The van der Waals surface area contributed by atoms with Crippen molar-refractivity contribution in [3.8, 4) is 0 Å². The van der Waals surface area contributed by atoms with Crippen molar-refractivity contribution in [1.82, 2.24) is 9.97 Å². The van der Waals surface area contributed by atoms with E-state index in [-0.39, 0.29) is 29.6 Å². The molecule has 1 aromatic rings. The third-order valence-electron chi connectivity index (χ3n) is 0.800. The Morgan fingerprint density at radius 1 is 1.36 bits per heavy atom. The first-order valence-electron chi connectivity index (χ1n) is 2.48. The average molecular weight is 180 g/mol. The molecule has 0 spiro atoms. The van der Waals surface area contributed by atoms with Crippen molar-refractivity contribution in [2.45, 2.75) is 0 Å². The number of rotatable bonds is 1. The Hall–Kier alpha value is -0.230. The zero-order valence-corrected chi connectivity index (χ0v) is 5.75. The monoisotopic (exact) mass is 180 g/mol. The fourth-order valence-corrected chi connectivity index (χ4v) is 0.789. The number of hydrogen-bond donors (Lipinski definition) is 0. The van der Waals surface area contributed by atoms with Gasteiger partial charge in [-0.2, -0.15) is 8.42 Å². The second-order valence-electron chi connectivity index (χ2n) is 1.51. The van der Waals surface area contributed by atoms with Gasteiger partial charge >= 0.3 is 29.6 Å². The Morgan fingerprint density at radius 2 is 2.09 bits per heavy atom. The molecule has 6 heteroatoms. The molecule has 0 aliphatic carbocycles. The SMILES string of the molecule is O=S(=O)=Cc1cnccn1.[NaH]. The molecule has 0 N–H and O–H groups in total. The van der Waals surface area contributed by atoms with Crippen LogP contribution in [0.5, 0.6) is 0 Å². The summed E-state index contributed by atoms with van der Waals surface area (Å²) in [6.45, 7) is 0. The van der Waals surface area contributed by atoms with Crippen LogP contribution < -0.4 is 0 Å². The summed E-state index contributed by atoms with van der Waals surface area (Å²) in [4.78, 5) is 7.38. The summed E-state index contributed by atoms with van der Waals surface area (Å²) in [6.07, 6.45) is 4.28. The molecule has 0 bridgehead atoms. The van der Waals surface area contributed by atoms with Crippen LogP contribution in [0.15, 0.2) is 18.6 Å². The van der Waals surface area contributed by atoms with Crippen molar-refractivity contribution < 1.29 is 8.42 Å². The molecule has 0 radical (unpaired) electrons. The summed E-state index contributed by atoms with van der Waals surface area (Å²) < 4.78 is 20.1. The van der Waals surface area contributed by atoms with E-state index in [1.54, 1.807) is 0 Å². The quantitative estimate of drug-likeness (QED) is 0.405. The van der Waals surface area contributed by atoms with Crippen molar-refractivity contribution in [2.75, 3.05) is 0 Å². The Bertz CT molecular complexity index is 327. The second-order valence-corrected chi connectivity index (χ2v) is 2.27. The zero-order chi connectivity index (χ0) is 7.40. The maximum absolute atomic E-state index is 10.0. The van der Waals surface area contributed by atoms with Gasteiger partial charge in [-0.25, -0.2) is 0 Å². The van der Waals surface area contributed by atoms with Crippen LogP contribution in [0.3, 0.4) is 0 Å². The molecule has 0 saturated carbocycles. The molecule has 0 aliphatic rings. The molecule has 0 fully saturated rings. The predicted octanol–water partition coefficient (Wildman–Crippen LogP) is -1.14. The molecule has 11 heavy (non-hydrogen) atoms. The van der Waals surface area contributed by atoms with Crippen LogP contribution in [0.2, 0.25) is 0 Å². The van der Waals surface area contributed by atoms with Crippen LogP contribution >= 0.6 is 0 Å². The van der Waals surface area contributed by atoms with Crippen LogP contribution in [0.1, 0.15) is 5.69 Å². The second kappa shape index (κ2) is 5.42. The molecule has 4 nitrogen and oxygen atoms in total. The van der Waals surface area contributed by atoms with Crippen LogP contribution in [0.4, 0.5) is 0 Å². The predicted molar refractivity (Wildman–Crippen MR) is 43.3 cm³/mol. The summed E-state index contributed by atoms with van der Waals surface area (Å²) in [5.41, 5.74) is 0.343. The van der Waals surface area contributed by atoms with Crippen LogP contribution in [-0.2, 0) is 10.3 Å². The minimum atomic E-state index is -2.19. The van der Waals surface area contributed by atoms with Gasteiger partial charge in [0.2, 0.25) is 10.3 Å². The summed E-state index contributed by atoms with van der Waals surface area (Å²) >= 11 is 0. The van der Waals surface area contributed by atoms with Crippen LogP contribution in [0.25, 0.3) is 0 Å². The van der Waals surface area contributed by atoms with E-state index in [9.17, 15) is 8.42 Å². The van der Waals surface area contributed by atoms with Gasteiger partial charge < -0.3 is 0 Å². The van der Waals surface area contributed by atoms with Crippen molar-refractivity contribution in [2.24, 2.45) is 0 Å². The molecular formula is C5H5N2NaO2S. The van der Waals surface area contributed by atoms with Gasteiger partial charge in [0.05, 0.1) is 17.3 Å². The zero-order valence-electron chi connectivity index (χ0n) is 4.93. The van der Waals surface area contributed by atoms with E-state index in [2.05, 4.69) is 9.97 Å².